The summed E-state index contributed by atoms with van der Waals surface area (Å²) < 4.78 is 19.4. The van der Waals surface area contributed by atoms with Gasteiger partial charge in [-0.1, -0.05) is 6.92 Å². The second-order valence-corrected chi connectivity index (χ2v) is 5.41. The van der Waals surface area contributed by atoms with E-state index in [1.807, 2.05) is 6.92 Å². The highest BCUT2D eigenvalue weighted by molar-refractivity contribution is 9.10. The van der Waals surface area contributed by atoms with E-state index in [0.29, 0.717) is 28.0 Å². The Labute approximate surface area is 131 Å². The van der Waals surface area contributed by atoms with Gasteiger partial charge in [-0.2, -0.15) is 0 Å². The van der Waals surface area contributed by atoms with Crippen molar-refractivity contribution in [2.75, 3.05) is 12.3 Å². The van der Waals surface area contributed by atoms with Crippen molar-refractivity contribution in [1.82, 2.24) is 0 Å². The highest BCUT2D eigenvalue weighted by Crippen LogP contribution is 2.27. The molecule has 0 atom stereocenters. The summed E-state index contributed by atoms with van der Waals surface area (Å²) in [5.74, 6) is -0.0625. The molecule has 0 radical (unpaired) electrons. The molecule has 0 aliphatic rings. The van der Waals surface area contributed by atoms with Gasteiger partial charge < -0.3 is 10.5 Å². The third-order valence-electron chi connectivity index (χ3n) is 2.91. The highest BCUT2D eigenvalue weighted by Gasteiger charge is 2.13. The molecule has 0 spiro atoms. The molecule has 0 heterocycles. The molecular formula is C16H15BrFNO2. The van der Waals surface area contributed by atoms with E-state index in [0.717, 1.165) is 6.42 Å². The van der Waals surface area contributed by atoms with E-state index in [-0.39, 0.29) is 11.5 Å². The van der Waals surface area contributed by atoms with Crippen LogP contribution in [-0.4, -0.2) is 12.4 Å². The van der Waals surface area contributed by atoms with E-state index in [1.54, 1.807) is 18.2 Å². The van der Waals surface area contributed by atoms with E-state index >= 15 is 0 Å². The smallest absolute Gasteiger partial charge is 0.193 e. The Hall–Kier alpha value is -1.88. The first-order valence-corrected chi connectivity index (χ1v) is 7.34. The Bertz CT molecular complexity index is 673. The lowest BCUT2D eigenvalue weighted by Gasteiger charge is -2.09. The van der Waals surface area contributed by atoms with Gasteiger partial charge in [0, 0.05) is 11.1 Å². The predicted molar refractivity (Wildman–Crippen MR) is 84.2 cm³/mol. The van der Waals surface area contributed by atoms with Crippen LogP contribution >= 0.6 is 15.9 Å². The van der Waals surface area contributed by atoms with Gasteiger partial charge in [0.1, 0.15) is 11.6 Å². The molecule has 0 aliphatic carbocycles. The summed E-state index contributed by atoms with van der Waals surface area (Å²) in [6, 6.07) is 9.05. The van der Waals surface area contributed by atoms with Gasteiger partial charge in [0.05, 0.1) is 16.8 Å². The molecule has 3 nitrogen and oxygen atoms in total. The van der Waals surface area contributed by atoms with Crippen LogP contribution in [-0.2, 0) is 0 Å². The average molecular weight is 352 g/mol. The molecular weight excluding hydrogens is 337 g/mol. The Morgan fingerprint density at radius 2 is 1.90 bits per heavy atom. The van der Waals surface area contributed by atoms with Gasteiger partial charge in [0.15, 0.2) is 5.78 Å². The number of benzene rings is 2. The van der Waals surface area contributed by atoms with Gasteiger partial charge in [-0.3, -0.25) is 4.79 Å². The molecule has 0 amide bonds. The fourth-order valence-electron chi connectivity index (χ4n) is 1.82. The Morgan fingerprint density at radius 3 is 2.52 bits per heavy atom. The molecule has 2 rings (SSSR count). The van der Waals surface area contributed by atoms with Crippen molar-refractivity contribution in [3.8, 4) is 5.75 Å². The number of hydrogen-bond donors (Lipinski definition) is 1. The summed E-state index contributed by atoms with van der Waals surface area (Å²) in [6.07, 6.45) is 0.905. The van der Waals surface area contributed by atoms with Crippen molar-refractivity contribution in [2.24, 2.45) is 0 Å². The lowest BCUT2D eigenvalue weighted by molar-refractivity contribution is 0.103. The zero-order valence-electron chi connectivity index (χ0n) is 11.5. The number of ether oxygens (including phenoxy) is 1. The highest BCUT2D eigenvalue weighted by atomic mass is 79.9. The van der Waals surface area contributed by atoms with Crippen molar-refractivity contribution in [1.29, 1.82) is 0 Å². The molecule has 0 unspecified atom stereocenters. The number of ketones is 1. The molecule has 2 N–H and O–H groups in total. The van der Waals surface area contributed by atoms with Gasteiger partial charge in [0.2, 0.25) is 0 Å². The molecule has 110 valence electrons. The van der Waals surface area contributed by atoms with Gasteiger partial charge in [-0.05, 0) is 58.7 Å². The largest absolute Gasteiger partial charge is 0.492 e. The van der Waals surface area contributed by atoms with E-state index < -0.39 is 5.82 Å². The fourth-order valence-corrected chi connectivity index (χ4v) is 2.32. The second-order valence-electron chi connectivity index (χ2n) is 4.56. The summed E-state index contributed by atoms with van der Waals surface area (Å²) in [6.45, 7) is 2.63. The maximum atomic E-state index is 13.1. The molecule has 21 heavy (non-hydrogen) atoms. The first-order valence-electron chi connectivity index (χ1n) is 6.55. The van der Waals surface area contributed by atoms with E-state index in [1.165, 1.54) is 18.2 Å². The minimum Gasteiger partial charge on any atom is -0.492 e. The number of anilines is 1. The Kier molecular flexibility index (Phi) is 4.96. The summed E-state index contributed by atoms with van der Waals surface area (Å²) in [4.78, 5) is 12.3. The van der Waals surface area contributed by atoms with Crippen molar-refractivity contribution in [3.63, 3.8) is 0 Å². The van der Waals surface area contributed by atoms with Crippen LogP contribution in [0, 0.1) is 5.82 Å². The quantitative estimate of drug-likeness (QED) is 0.649. The zero-order valence-corrected chi connectivity index (χ0v) is 13.1. The SMILES string of the molecule is CCCOc1ccc(C(=O)c2ccc(F)c(N)c2)cc1Br. The summed E-state index contributed by atoms with van der Waals surface area (Å²) >= 11 is 3.38. The van der Waals surface area contributed by atoms with Gasteiger partial charge >= 0.3 is 0 Å². The Balaban J connectivity index is 2.27. The third-order valence-corrected chi connectivity index (χ3v) is 3.53. The van der Waals surface area contributed by atoms with Crippen molar-refractivity contribution < 1.29 is 13.9 Å². The van der Waals surface area contributed by atoms with Gasteiger partial charge in [0.25, 0.3) is 0 Å². The lowest BCUT2D eigenvalue weighted by atomic mass is 10.0. The number of nitrogen functional groups attached to an aromatic ring is 1. The minimum atomic E-state index is -0.531. The van der Waals surface area contributed by atoms with Crippen LogP contribution in [0.5, 0.6) is 5.75 Å². The zero-order chi connectivity index (χ0) is 15.4. The summed E-state index contributed by atoms with van der Waals surface area (Å²) in [7, 11) is 0. The van der Waals surface area contributed by atoms with Gasteiger partial charge in [-0.25, -0.2) is 4.39 Å². The number of nitrogens with two attached hydrogens (primary N) is 1. The topological polar surface area (TPSA) is 52.3 Å². The first-order chi connectivity index (χ1) is 10.0. The second kappa shape index (κ2) is 6.72. The van der Waals surface area contributed by atoms with Crippen LogP contribution in [0.2, 0.25) is 0 Å². The van der Waals surface area contributed by atoms with Crippen LogP contribution in [0.15, 0.2) is 40.9 Å². The summed E-state index contributed by atoms with van der Waals surface area (Å²) in [5.41, 5.74) is 6.28. The Morgan fingerprint density at radius 1 is 1.24 bits per heavy atom. The number of carbonyl (C=O) groups is 1. The van der Waals surface area contributed by atoms with Crippen LogP contribution in [0.4, 0.5) is 10.1 Å². The fraction of sp³-hybridized carbons (Fsp3) is 0.188. The molecule has 2 aromatic carbocycles. The van der Waals surface area contributed by atoms with E-state index in [4.69, 9.17) is 10.5 Å². The number of carbonyl (C=O) groups excluding carboxylic acids is 1. The molecule has 0 aromatic heterocycles. The molecule has 2 aromatic rings. The number of hydrogen-bond acceptors (Lipinski definition) is 3. The van der Waals surface area contributed by atoms with E-state index in [2.05, 4.69) is 15.9 Å². The maximum Gasteiger partial charge on any atom is 0.193 e. The van der Waals surface area contributed by atoms with Crippen LogP contribution in [0.25, 0.3) is 0 Å². The summed E-state index contributed by atoms with van der Waals surface area (Å²) in [5, 5.41) is 0. The monoisotopic (exact) mass is 351 g/mol. The normalized spacial score (nSPS) is 10.4. The third kappa shape index (κ3) is 3.61. The van der Waals surface area contributed by atoms with E-state index in [9.17, 15) is 9.18 Å². The van der Waals surface area contributed by atoms with Crippen LogP contribution < -0.4 is 10.5 Å². The van der Waals surface area contributed by atoms with Crippen molar-refractivity contribution >= 4 is 27.4 Å². The molecule has 0 saturated carbocycles. The standard InChI is InChI=1S/C16H15BrFNO2/c1-2-7-21-15-6-4-10(8-12(15)17)16(20)11-3-5-13(18)14(19)9-11/h3-6,8-9H,2,7,19H2,1H3. The molecule has 0 bridgehead atoms. The van der Waals surface area contributed by atoms with Crippen molar-refractivity contribution in [2.45, 2.75) is 13.3 Å². The molecule has 0 fully saturated rings. The van der Waals surface area contributed by atoms with Crippen molar-refractivity contribution in [3.05, 3.63) is 57.8 Å². The van der Waals surface area contributed by atoms with Crippen LogP contribution in [0.3, 0.4) is 0 Å². The van der Waals surface area contributed by atoms with Crippen LogP contribution in [0.1, 0.15) is 29.3 Å². The first kappa shape index (κ1) is 15.5. The maximum absolute atomic E-state index is 13.1. The molecule has 0 saturated heterocycles. The lowest BCUT2D eigenvalue weighted by Crippen LogP contribution is -2.04. The average Bonchev–Trinajstić information content (AvgIpc) is 2.48. The number of rotatable bonds is 5. The van der Waals surface area contributed by atoms with Gasteiger partial charge in [-0.15, -0.1) is 0 Å². The minimum absolute atomic E-state index is 0.0391. The molecule has 0 aliphatic heterocycles. The predicted octanol–water partition coefficient (Wildman–Crippen LogP) is 4.19. The molecule has 5 heteroatoms. The number of halogens is 2.